The van der Waals surface area contributed by atoms with Gasteiger partial charge in [-0.1, -0.05) is 259 Å². The van der Waals surface area contributed by atoms with Crippen LogP contribution in [0.1, 0.15) is 124 Å². The first kappa shape index (κ1) is 74.5. The van der Waals surface area contributed by atoms with Crippen LogP contribution in [-0.4, -0.2) is 0 Å². The topological polar surface area (TPSA) is 13.0 Å². The molecule has 4 nitrogen and oxygen atoms in total. The lowest BCUT2D eigenvalue weighted by molar-refractivity contribution is 0.795. The molecule has 0 unspecified atom stereocenters. The lowest BCUT2D eigenvalue weighted by Gasteiger charge is -2.26. The largest absolute Gasteiger partial charge is 0.311 e. The van der Waals surface area contributed by atoms with Crippen molar-refractivity contribution in [2.24, 2.45) is 0 Å². The highest BCUT2D eigenvalue weighted by atomic mass is 15.2. The number of nitrogens with zero attached hydrogens (tertiary/aromatic N) is 4. The number of benzene rings is 14. The van der Waals surface area contributed by atoms with Gasteiger partial charge >= 0.3 is 0 Å². The van der Waals surface area contributed by atoms with Gasteiger partial charge in [0.2, 0.25) is 0 Å². The quantitative estimate of drug-likeness (QED) is 0.0484. The van der Waals surface area contributed by atoms with Crippen molar-refractivity contribution in [2.75, 3.05) is 19.6 Å². The maximum Gasteiger partial charge on any atom is 0.0464 e. The Hall–Kier alpha value is -11.7. The predicted octanol–water partition coefficient (Wildman–Crippen LogP) is 30.5. The maximum atomic E-state index is 2.36. The molecular weight excluding hydrogens is 1310 g/mol. The van der Waals surface area contributed by atoms with Crippen LogP contribution in [0.15, 0.2) is 340 Å². The Bertz CT molecular complexity index is 4760. The van der Waals surface area contributed by atoms with Gasteiger partial charge in [0.15, 0.2) is 0 Å². The summed E-state index contributed by atoms with van der Waals surface area (Å²) in [7, 11) is 0. The van der Waals surface area contributed by atoms with E-state index in [1.165, 1.54) is 175 Å². The molecule has 4 heteroatoms. The van der Waals surface area contributed by atoms with Gasteiger partial charge in [0.1, 0.15) is 0 Å². The Morgan fingerprint density at radius 2 is 0.333 bits per heavy atom. The van der Waals surface area contributed by atoms with E-state index in [9.17, 15) is 0 Å². The van der Waals surface area contributed by atoms with Crippen LogP contribution in [0.2, 0.25) is 0 Å². The van der Waals surface area contributed by atoms with Crippen molar-refractivity contribution < 1.29 is 0 Å². The second-order valence-electron chi connectivity index (χ2n) is 29.1. The van der Waals surface area contributed by atoms with E-state index in [0.717, 1.165) is 59.8 Å². The van der Waals surface area contributed by atoms with Crippen molar-refractivity contribution in [3.8, 4) is 44.5 Å². The van der Waals surface area contributed by atoms with Crippen molar-refractivity contribution in [3.63, 3.8) is 0 Å². The average molecular weight is 1410 g/mol. The highest BCUT2D eigenvalue weighted by Crippen LogP contribution is 2.42. The van der Waals surface area contributed by atoms with Crippen molar-refractivity contribution >= 4 is 68.2 Å². The van der Waals surface area contributed by atoms with Crippen LogP contribution in [0.5, 0.6) is 0 Å². The Labute approximate surface area is 645 Å². The van der Waals surface area contributed by atoms with Gasteiger partial charge in [-0.25, -0.2) is 0 Å². The average Bonchev–Trinajstić information content (AvgIpc) is 0.810. The molecule has 108 heavy (non-hydrogen) atoms. The Morgan fingerprint density at radius 1 is 0.167 bits per heavy atom. The molecule has 0 heterocycles. The zero-order valence-corrected chi connectivity index (χ0v) is 64.6. The molecule has 0 N–H and O–H groups in total. The summed E-state index contributed by atoms with van der Waals surface area (Å²) >= 11 is 0. The first-order chi connectivity index (χ1) is 53.0. The van der Waals surface area contributed by atoms with Crippen LogP contribution in [0.4, 0.5) is 68.2 Å². The molecule has 0 amide bonds. The molecule has 0 aliphatic carbocycles. The van der Waals surface area contributed by atoms with Gasteiger partial charge < -0.3 is 19.6 Å². The van der Waals surface area contributed by atoms with E-state index in [1.54, 1.807) is 0 Å². The fraction of sp³-hybridized carbons (Fsp3) is 0.192. The molecule has 14 rings (SSSR count). The summed E-state index contributed by atoms with van der Waals surface area (Å²) in [5, 5.41) is 0. The highest BCUT2D eigenvalue weighted by molar-refractivity contribution is 5.84. The van der Waals surface area contributed by atoms with Gasteiger partial charge in [0.05, 0.1) is 0 Å². The Morgan fingerprint density at radius 3 is 0.519 bits per heavy atom. The lowest BCUT2D eigenvalue weighted by atomic mass is 9.99. The van der Waals surface area contributed by atoms with Gasteiger partial charge in [-0.05, 0) is 303 Å². The molecule has 0 aliphatic heterocycles. The van der Waals surface area contributed by atoms with Crippen molar-refractivity contribution in [1.29, 1.82) is 0 Å². The molecule has 0 radical (unpaired) electrons. The van der Waals surface area contributed by atoms with Gasteiger partial charge in [0, 0.05) is 68.2 Å². The molecule has 0 aliphatic rings. The number of aryl methyl sites for hydroxylation is 8. The molecule has 0 fully saturated rings. The number of unbranched alkanes of at least 4 members (excludes halogenated alkanes) is 4. The lowest BCUT2D eigenvalue weighted by Crippen LogP contribution is -2.10. The summed E-state index contributed by atoms with van der Waals surface area (Å²) in [6, 6.07) is 125. The minimum atomic E-state index is 1.13. The highest BCUT2D eigenvalue weighted by Gasteiger charge is 2.19. The molecular formula is C104H104N4. The monoisotopic (exact) mass is 1410 g/mol. The van der Waals surface area contributed by atoms with E-state index in [1.807, 2.05) is 0 Å². The molecule has 14 aromatic rings. The van der Waals surface area contributed by atoms with Crippen LogP contribution in [0.3, 0.4) is 0 Å². The molecule has 0 spiro atoms. The Balaban J connectivity index is 0.000000190. The van der Waals surface area contributed by atoms with Gasteiger partial charge in [0.25, 0.3) is 0 Å². The molecule has 14 aromatic carbocycles. The zero-order chi connectivity index (χ0) is 74.6. The van der Waals surface area contributed by atoms with E-state index < -0.39 is 0 Å². The van der Waals surface area contributed by atoms with E-state index in [-0.39, 0.29) is 0 Å². The predicted molar refractivity (Wildman–Crippen MR) is 467 cm³/mol. The smallest absolute Gasteiger partial charge is 0.0464 e. The van der Waals surface area contributed by atoms with Crippen LogP contribution in [0.25, 0.3) is 44.5 Å². The van der Waals surface area contributed by atoms with Crippen LogP contribution >= 0.6 is 0 Å². The van der Waals surface area contributed by atoms with Crippen LogP contribution < -0.4 is 19.6 Å². The Kier molecular flexibility index (Phi) is 25.2. The molecule has 540 valence electrons. The van der Waals surface area contributed by atoms with Gasteiger partial charge in [-0.2, -0.15) is 0 Å². The fourth-order valence-electron chi connectivity index (χ4n) is 14.4. The van der Waals surface area contributed by atoms with E-state index in [0.29, 0.717) is 0 Å². The number of hydrogen-bond donors (Lipinski definition) is 0. The van der Waals surface area contributed by atoms with Gasteiger partial charge in [-0.3, -0.25) is 0 Å². The first-order valence-corrected chi connectivity index (χ1v) is 39.4. The van der Waals surface area contributed by atoms with Crippen molar-refractivity contribution in [1.82, 2.24) is 0 Å². The minimum absolute atomic E-state index is 1.13. The summed E-state index contributed by atoms with van der Waals surface area (Å²) < 4.78 is 0. The fourth-order valence-corrected chi connectivity index (χ4v) is 14.4. The van der Waals surface area contributed by atoms with E-state index in [4.69, 9.17) is 0 Å². The normalized spacial score (nSPS) is 11.0. The molecule has 0 saturated heterocycles. The van der Waals surface area contributed by atoms with Crippen LogP contribution in [0, 0.1) is 27.7 Å². The standard InChI is InChI=1S/2C52H52N2/c1-5-7-13-41-17-29-47(30-18-41)53(51-15-9-11-39(3)37-51)49-33-25-45(26-34-49)43-21-23-44(24-22-43)46-27-35-50(36-28-46)54(52-16-10-12-40(4)38-52)48-31-19-42(20-32-48)14-8-6-2;1-5-7-9-41-15-31-49(32-16-41)53(47-27-11-39(3)12-28-47)51-35-23-45(24-36-51)43-19-21-44(22-20-43)46-25-37-52(38-26-46)54(48-29-13-40(4)14-30-48)50-33-17-42(18-34-50)10-8-6-2/h9-12,15-38H,5-8,13-14H2,1-4H3;11-38H,5-10H2,1-4H3. The molecule has 0 bridgehead atoms. The minimum Gasteiger partial charge on any atom is -0.311 e. The third-order valence-corrected chi connectivity index (χ3v) is 20.8. The molecule has 0 atom stereocenters. The summed E-state index contributed by atoms with van der Waals surface area (Å²) in [6.07, 6.45) is 14.2. The van der Waals surface area contributed by atoms with Crippen molar-refractivity contribution in [2.45, 2.75) is 132 Å². The number of rotatable bonds is 28. The zero-order valence-electron chi connectivity index (χ0n) is 64.6. The van der Waals surface area contributed by atoms with E-state index >= 15 is 0 Å². The van der Waals surface area contributed by atoms with Crippen LogP contribution in [-0.2, 0) is 25.7 Å². The molecule has 0 aromatic heterocycles. The van der Waals surface area contributed by atoms with Gasteiger partial charge in [-0.15, -0.1) is 0 Å². The van der Waals surface area contributed by atoms with E-state index in [2.05, 4.69) is 415 Å². The SMILES string of the molecule is CCCCc1ccc(N(c2ccc(-c3ccc(-c4ccc(N(c5ccc(CCCC)cc5)c5cccc(C)c5)cc4)cc3)cc2)c2cccc(C)c2)cc1.CCCCc1ccc(N(c2ccc(C)cc2)c2ccc(-c3ccc(-c4ccc(N(c5ccc(C)cc5)c5ccc(CCCC)cc5)cc4)cc3)cc2)cc1. The number of anilines is 12. The summed E-state index contributed by atoms with van der Waals surface area (Å²) in [4.78, 5) is 9.41. The third-order valence-electron chi connectivity index (χ3n) is 20.8. The second-order valence-corrected chi connectivity index (χ2v) is 29.1. The van der Waals surface area contributed by atoms with Crippen molar-refractivity contribution in [3.05, 3.63) is 384 Å². The second kappa shape index (κ2) is 36.5. The summed E-state index contributed by atoms with van der Waals surface area (Å²) in [6.45, 7) is 17.6. The first-order valence-electron chi connectivity index (χ1n) is 39.4. The maximum absolute atomic E-state index is 2.36. The molecule has 0 saturated carbocycles. The number of hydrogen-bond acceptors (Lipinski definition) is 4. The summed E-state index contributed by atoms with van der Waals surface area (Å²) in [5.41, 5.74) is 34.2. The summed E-state index contributed by atoms with van der Waals surface area (Å²) in [5.74, 6) is 0. The third kappa shape index (κ3) is 18.9.